The van der Waals surface area contributed by atoms with Gasteiger partial charge < -0.3 is 9.80 Å². The molecule has 1 aromatic rings. The monoisotopic (exact) mass is 331 g/mol. The first-order valence-corrected chi connectivity index (χ1v) is 7.58. The van der Waals surface area contributed by atoms with E-state index in [-0.39, 0.29) is 12.4 Å². The van der Waals surface area contributed by atoms with E-state index in [9.17, 15) is 0 Å². The fraction of sp³-hybridized carbons (Fsp3) is 0.429. The standard InChI is InChI=1S/C14H21N3S2.ClH/c1-5-17(6-2)14(18)19-13(16(3)4)15-12-10-8-7-9-11-12;/h7-11H,5-6H2,1-4H3;1H. The number of para-hydroxylation sites is 1. The van der Waals surface area contributed by atoms with Crippen molar-refractivity contribution in [2.75, 3.05) is 27.2 Å². The van der Waals surface area contributed by atoms with E-state index >= 15 is 0 Å². The van der Waals surface area contributed by atoms with E-state index in [1.54, 1.807) is 0 Å². The van der Waals surface area contributed by atoms with Crippen LogP contribution in [0.25, 0.3) is 0 Å². The van der Waals surface area contributed by atoms with Crippen molar-refractivity contribution in [3.8, 4) is 0 Å². The van der Waals surface area contributed by atoms with E-state index in [1.807, 2.05) is 49.3 Å². The minimum atomic E-state index is 0. The van der Waals surface area contributed by atoms with Crippen LogP contribution in [0.1, 0.15) is 13.8 Å². The zero-order valence-electron chi connectivity index (χ0n) is 12.4. The Morgan fingerprint density at radius 3 is 2.15 bits per heavy atom. The van der Waals surface area contributed by atoms with Crippen molar-refractivity contribution in [3.63, 3.8) is 0 Å². The van der Waals surface area contributed by atoms with Crippen molar-refractivity contribution in [2.45, 2.75) is 13.8 Å². The Morgan fingerprint density at radius 2 is 1.70 bits per heavy atom. The van der Waals surface area contributed by atoms with E-state index in [1.165, 1.54) is 11.8 Å². The molecular formula is C14H22ClN3S2. The number of nitrogens with zero attached hydrogens (tertiary/aromatic N) is 3. The first kappa shape index (κ1) is 19.2. The summed E-state index contributed by atoms with van der Waals surface area (Å²) in [5.41, 5.74) is 0.945. The van der Waals surface area contributed by atoms with Crippen molar-refractivity contribution < 1.29 is 0 Å². The lowest BCUT2D eigenvalue weighted by molar-refractivity contribution is 0.482. The summed E-state index contributed by atoms with van der Waals surface area (Å²) in [6.45, 7) is 6.07. The van der Waals surface area contributed by atoms with Crippen LogP contribution in [-0.4, -0.2) is 46.5 Å². The molecule has 0 N–H and O–H groups in total. The summed E-state index contributed by atoms with van der Waals surface area (Å²) in [5.74, 6) is 0. The molecule has 0 atom stereocenters. The lowest BCUT2D eigenvalue weighted by Crippen LogP contribution is -2.30. The number of benzene rings is 1. The number of hydrogen-bond donors (Lipinski definition) is 0. The molecule has 3 nitrogen and oxygen atoms in total. The van der Waals surface area contributed by atoms with E-state index in [0.29, 0.717) is 0 Å². The quantitative estimate of drug-likeness (QED) is 0.473. The maximum atomic E-state index is 5.47. The van der Waals surface area contributed by atoms with Gasteiger partial charge in [0.15, 0.2) is 5.17 Å². The van der Waals surface area contributed by atoms with Crippen LogP contribution in [0.3, 0.4) is 0 Å². The highest BCUT2D eigenvalue weighted by Crippen LogP contribution is 2.18. The zero-order valence-corrected chi connectivity index (χ0v) is 14.8. The van der Waals surface area contributed by atoms with Crippen LogP contribution in [0.2, 0.25) is 0 Å². The average Bonchev–Trinajstić information content (AvgIpc) is 2.40. The molecule has 0 unspecified atom stereocenters. The van der Waals surface area contributed by atoms with Crippen LogP contribution in [0.5, 0.6) is 0 Å². The van der Waals surface area contributed by atoms with Gasteiger partial charge >= 0.3 is 0 Å². The van der Waals surface area contributed by atoms with Crippen molar-refractivity contribution >= 4 is 51.6 Å². The molecular weight excluding hydrogens is 310 g/mol. The third-order valence-electron chi connectivity index (χ3n) is 2.56. The molecule has 0 fully saturated rings. The van der Waals surface area contributed by atoms with Crippen LogP contribution >= 0.6 is 36.4 Å². The number of amidine groups is 1. The lowest BCUT2D eigenvalue weighted by atomic mass is 10.3. The minimum absolute atomic E-state index is 0. The molecule has 0 saturated heterocycles. The van der Waals surface area contributed by atoms with Crippen molar-refractivity contribution in [2.24, 2.45) is 4.99 Å². The molecule has 0 aliphatic rings. The number of halogens is 1. The molecule has 0 bridgehead atoms. The van der Waals surface area contributed by atoms with E-state index in [0.717, 1.165) is 28.3 Å². The highest BCUT2D eigenvalue weighted by atomic mass is 35.5. The van der Waals surface area contributed by atoms with Gasteiger partial charge in [0.2, 0.25) is 0 Å². The van der Waals surface area contributed by atoms with E-state index in [2.05, 4.69) is 23.7 Å². The lowest BCUT2D eigenvalue weighted by Gasteiger charge is -2.23. The third kappa shape index (κ3) is 6.11. The van der Waals surface area contributed by atoms with Crippen LogP contribution in [-0.2, 0) is 0 Å². The number of thiocarbonyl (C=S) groups is 1. The van der Waals surface area contributed by atoms with Crippen LogP contribution in [0, 0.1) is 0 Å². The molecule has 0 aliphatic carbocycles. The molecule has 0 aliphatic heterocycles. The van der Waals surface area contributed by atoms with Gasteiger partial charge in [-0.25, -0.2) is 4.99 Å². The van der Waals surface area contributed by atoms with Gasteiger partial charge in [0.1, 0.15) is 4.32 Å². The average molecular weight is 332 g/mol. The SMILES string of the molecule is CCN(CC)C(=S)SC(=Nc1ccccc1)N(C)C.Cl. The van der Waals surface area contributed by atoms with E-state index < -0.39 is 0 Å². The molecule has 0 aromatic heterocycles. The van der Waals surface area contributed by atoms with Gasteiger partial charge in [0, 0.05) is 27.2 Å². The van der Waals surface area contributed by atoms with Gasteiger partial charge in [0.05, 0.1) is 5.69 Å². The summed E-state index contributed by atoms with van der Waals surface area (Å²) in [7, 11) is 3.97. The molecule has 1 aromatic carbocycles. The molecule has 0 saturated carbocycles. The summed E-state index contributed by atoms with van der Waals surface area (Å²) in [6.07, 6.45) is 0. The van der Waals surface area contributed by atoms with Crippen molar-refractivity contribution in [1.29, 1.82) is 0 Å². The molecule has 6 heteroatoms. The van der Waals surface area contributed by atoms with Gasteiger partial charge in [0.25, 0.3) is 0 Å². The predicted octanol–water partition coefficient (Wildman–Crippen LogP) is 4.02. The first-order chi connectivity index (χ1) is 9.08. The molecule has 1 rings (SSSR count). The Balaban J connectivity index is 0.00000361. The smallest absolute Gasteiger partial charge is 0.170 e. The Hall–Kier alpha value is -0.780. The Kier molecular flexibility index (Phi) is 9.63. The predicted molar refractivity (Wildman–Crippen MR) is 97.6 cm³/mol. The molecule has 0 spiro atoms. The number of hydrogen-bond acceptors (Lipinski definition) is 3. The van der Waals surface area contributed by atoms with Gasteiger partial charge in [-0.1, -0.05) is 30.4 Å². The third-order valence-corrected chi connectivity index (χ3v) is 4.14. The summed E-state index contributed by atoms with van der Waals surface area (Å²) < 4.78 is 0.869. The minimum Gasteiger partial charge on any atom is -0.358 e. The highest BCUT2D eigenvalue weighted by Gasteiger charge is 2.12. The number of thioether (sulfide) groups is 1. The highest BCUT2D eigenvalue weighted by molar-refractivity contribution is 8.32. The van der Waals surface area contributed by atoms with E-state index in [4.69, 9.17) is 12.2 Å². The largest absolute Gasteiger partial charge is 0.358 e. The maximum absolute atomic E-state index is 5.47. The van der Waals surface area contributed by atoms with Crippen molar-refractivity contribution in [3.05, 3.63) is 30.3 Å². The Morgan fingerprint density at radius 1 is 1.15 bits per heavy atom. The second kappa shape index (κ2) is 10.0. The molecule has 0 amide bonds. The van der Waals surface area contributed by atoms with Crippen LogP contribution in [0.4, 0.5) is 5.69 Å². The maximum Gasteiger partial charge on any atom is 0.170 e. The molecule has 112 valence electrons. The topological polar surface area (TPSA) is 18.8 Å². The summed E-state index contributed by atoms with van der Waals surface area (Å²) in [5, 5.41) is 0.906. The van der Waals surface area contributed by atoms with Crippen LogP contribution < -0.4 is 0 Å². The fourth-order valence-corrected chi connectivity index (χ4v) is 2.81. The van der Waals surface area contributed by atoms with Gasteiger partial charge in [-0.15, -0.1) is 12.4 Å². The zero-order chi connectivity index (χ0) is 14.3. The fourth-order valence-electron chi connectivity index (χ4n) is 1.45. The van der Waals surface area contributed by atoms with Gasteiger partial charge in [-0.3, -0.25) is 0 Å². The number of aliphatic imine (C=N–C) groups is 1. The molecule has 0 heterocycles. The normalized spacial score (nSPS) is 10.7. The Bertz CT molecular complexity index is 431. The summed E-state index contributed by atoms with van der Waals surface area (Å²) in [4.78, 5) is 8.79. The number of rotatable bonds is 3. The van der Waals surface area contributed by atoms with Crippen LogP contribution in [0.15, 0.2) is 35.3 Å². The molecule has 20 heavy (non-hydrogen) atoms. The molecule has 0 radical (unpaired) electrons. The second-order valence-corrected chi connectivity index (χ2v) is 5.77. The first-order valence-electron chi connectivity index (χ1n) is 6.36. The van der Waals surface area contributed by atoms with Crippen molar-refractivity contribution in [1.82, 2.24) is 9.80 Å². The summed E-state index contributed by atoms with van der Waals surface area (Å²) >= 11 is 7.01. The van der Waals surface area contributed by atoms with Gasteiger partial charge in [-0.2, -0.15) is 0 Å². The Labute approximate surface area is 137 Å². The summed E-state index contributed by atoms with van der Waals surface area (Å²) in [6, 6.07) is 9.94. The van der Waals surface area contributed by atoms with Gasteiger partial charge in [-0.05, 0) is 37.7 Å². The second-order valence-electron chi connectivity index (χ2n) is 4.16.